The number of hydrogen-bond donors (Lipinski definition) is 0. The molecule has 114 valence electrons. The number of benzene rings is 2. The van der Waals surface area contributed by atoms with Crippen molar-refractivity contribution in [3.05, 3.63) is 59.1 Å². The summed E-state index contributed by atoms with van der Waals surface area (Å²) in [7, 11) is 0. The number of nitriles is 1. The van der Waals surface area contributed by atoms with Gasteiger partial charge in [0.1, 0.15) is 23.4 Å². The number of nitrogens with zero attached hydrogens (tertiary/aromatic N) is 2. The number of carbonyl (C=O) groups is 1. The highest BCUT2D eigenvalue weighted by Gasteiger charge is 2.09. The van der Waals surface area contributed by atoms with Crippen LogP contribution in [0.4, 0.5) is 0 Å². The van der Waals surface area contributed by atoms with Crippen molar-refractivity contribution >= 4 is 27.5 Å². The summed E-state index contributed by atoms with van der Waals surface area (Å²) in [6.45, 7) is -0.134. The predicted molar refractivity (Wildman–Crippen MR) is 86.1 cm³/mol. The van der Waals surface area contributed by atoms with Crippen molar-refractivity contribution in [1.29, 1.82) is 5.26 Å². The Hall–Kier alpha value is -2.91. The zero-order chi connectivity index (χ0) is 16.1. The molecule has 0 aliphatic carbocycles. The average Bonchev–Trinajstić information content (AvgIpc) is 3.01. The quantitative estimate of drug-likeness (QED) is 0.673. The van der Waals surface area contributed by atoms with Gasteiger partial charge in [-0.1, -0.05) is 24.3 Å². The van der Waals surface area contributed by atoms with Crippen LogP contribution in [0.3, 0.4) is 0 Å². The lowest BCUT2D eigenvalue weighted by molar-refractivity contribution is -0.147. The van der Waals surface area contributed by atoms with E-state index in [-0.39, 0.29) is 13.2 Å². The SMILES string of the molecule is N#Cc1ccccc1OCC(=O)OCc1nc2ccccc2s1. The van der Waals surface area contributed by atoms with Crippen LogP contribution < -0.4 is 4.74 Å². The number of ether oxygens (including phenoxy) is 2. The lowest BCUT2D eigenvalue weighted by atomic mass is 10.2. The van der Waals surface area contributed by atoms with Crippen LogP contribution in [0.15, 0.2) is 48.5 Å². The number of rotatable bonds is 5. The first kappa shape index (κ1) is 15.0. The third-order valence-corrected chi connectivity index (χ3v) is 4.06. The first-order chi connectivity index (χ1) is 11.3. The summed E-state index contributed by atoms with van der Waals surface area (Å²) in [5, 5.41) is 9.69. The van der Waals surface area contributed by atoms with Crippen LogP contribution in [-0.4, -0.2) is 17.6 Å². The third kappa shape index (κ3) is 3.65. The summed E-state index contributed by atoms with van der Waals surface area (Å²) in [6, 6.07) is 16.5. The molecule has 23 heavy (non-hydrogen) atoms. The molecule has 0 saturated carbocycles. The fourth-order valence-electron chi connectivity index (χ4n) is 1.99. The van der Waals surface area contributed by atoms with E-state index < -0.39 is 5.97 Å². The Bertz CT molecular complexity index is 850. The summed E-state index contributed by atoms with van der Waals surface area (Å²) in [6.07, 6.45) is 0. The molecule has 6 heteroatoms. The van der Waals surface area contributed by atoms with Gasteiger partial charge >= 0.3 is 5.97 Å². The molecule has 5 nitrogen and oxygen atoms in total. The lowest BCUT2D eigenvalue weighted by Gasteiger charge is -2.07. The predicted octanol–water partition coefficient (Wildman–Crippen LogP) is 3.29. The molecule has 0 aliphatic rings. The van der Waals surface area contributed by atoms with E-state index in [0.717, 1.165) is 15.2 Å². The van der Waals surface area contributed by atoms with E-state index in [1.54, 1.807) is 24.3 Å². The molecule has 3 rings (SSSR count). The zero-order valence-electron chi connectivity index (χ0n) is 12.1. The Morgan fingerprint density at radius 2 is 1.96 bits per heavy atom. The number of aromatic nitrogens is 1. The van der Waals surface area contributed by atoms with Gasteiger partial charge < -0.3 is 9.47 Å². The summed E-state index contributed by atoms with van der Waals surface area (Å²) < 4.78 is 11.5. The average molecular weight is 324 g/mol. The van der Waals surface area contributed by atoms with Crippen LogP contribution >= 0.6 is 11.3 Å². The molecule has 0 aliphatic heterocycles. The van der Waals surface area contributed by atoms with Gasteiger partial charge in [-0.15, -0.1) is 11.3 Å². The lowest BCUT2D eigenvalue weighted by Crippen LogP contribution is -2.15. The monoisotopic (exact) mass is 324 g/mol. The van der Waals surface area contributed by atoms with Gasteiger partial charge in [0.15, 0.2) is 6.61 Å². The largest absolute Gasteiger partial charge is 0.481 e. The minimum absolute atomic E-state index is 0.113. The normalized spacial score (nSPS) is 10.2. The Balaban J connectivity index is 1.54. The van der Waals surface area contributed by atoms with Crippen molar-refractivity contribution in [1.82, 2.24) is 4.98 Å². The molecule has 0 atom stereocenters. The van der Waals surface area contributed by atoms with Crippen molar-refractivity contribution in [2.24, 2.45) is 0 Å². The maximum Gasteiger partial charge on any atom is 0.344 e. The molecule has 0 spiro atoms. The molecular formula is C17H12N2O3S. The highest BCUT2D eigenvalue weighted by molar-refractivity contribution is 7.18. The van der Waals surface area contributed by atoms with Crippen LogP contribution in [0.25, 0.3) is 10.2 Å². The number of hydrogen-bond acceptors (Lipinski definition) is 6. The van der Waals surface area contributed by atoms with Crippen molar-refractivity contribution in [3.8, 4) is 11.8 Å². The second-order valence-corrected chi connectivity index (χ2v) is 5.75. The molecule has 1 heterocycles. The molecule has 2 aromatic carbocycles. The molecule has 0 radical (unpaired) electrons. The highest BCUT2D eigenvalue weighted by Crippen LogP contribution is 2.22. The van der Waals surface area contributed by atoms with Crippen LogP contribution in [-0.2, 0) is 16.1 Å². The molecular weight excluding hydrogens is 312 g/mol. The molecule has 3 aromatic rings. The fourth-order valence-corrected chi connectivity index (χ4v) is 2.87. The van der Waals surface area contributed by atoms with E-state index in [2.05, 4.69) is 4.98 Å². The summed E-state index contributed by atoms with van der Waals surface area (Å²) >= 11 is 1.49. The van der Waals surface area contributed by atoms with E-state index in [1.165, 1.54) is 11.3 Å². The summed E-state index contributed by atoms with van der Waals surface area (Å²) in [5.41, 5.74) is 1.27. The second-order valence-electron chi connectivity index (χ2n) is 4.63. The standard InChI is InChI=1S/C17H12N2O3S/c18-9-12-5-1-3-7-14(12)21-11-17(20)22-10-16-19-13-6-2-4-8-15(13)23-16/h1-8H,10-11H2. The van der Waals surface area contributed by atoms with Crippen LogP contribution in [0.1, 0.15) is 10.6 Å². The van der Waals surface area contributed by atoms with E-state index in [9.17, 15) is 4.79 Å². The second kappa shape index (κ2) is 6.90. The van der Waals surface area contributed by atoms with Crippen LogP contribution in [0.5, 0.6) is 5.75 Å². The van der Waals surface area contributed by atoms with Gasteiger partial charge in [-0.3, -0.25) is 0 Å². The van der Waals surface area contributed by atoms with E-state index in [0.29, 0.717) is 11.3 Å². The van der Waals surface area contributed by atoms with Gasteiger partial charge in [-0.05, 0) is 24.3 Å². The van der Waals surface area contributed by atoms with Gasteiger partial charge in [0.2, 0.25) is 0 Å². The Kier molecular flexibility index (Phi) is 4.50. The van der Waals surface area contributed by atoms with Gasteiger partial charge in [0.25, 0.3) is 0 Å². The van der Waals surface area contributed by atoms with E-state index in [1.807, 2.05) is 30.3 Å². The third-order valence-electron chi connectivity index (χ3n) is 3.05. The molecule has 0 unspecified atom stereocenters. The number of fused-ring (bicyclic) bond motifs is 1. The molecule has 0 N–H and O–H groups in total. The van der Waals surface area contributed by atoms with Crippen molar-refractivity contribution in [2.45, 2.75) is 6.61 Å². The first-order valence-corrected chi connectivity index (χ1v) is 7.70. The van der Waals surface area contributed by atoms with Gasteiger partial charge in [0, 0.05) is 0 Å². The number of carbonyl (C=O) groups excluding carboxylic acids is 1. The Morgan fingerprint density at radius 1 is 1.17 bits per heavy atom. The van der Waals surface area contributed by atoms with Crippen molar-refractivity contribution < 1.29 is 14.3 Å². The highest BCUT2D eigenvalue weighted by atomic mass is 32.1. The van der Waals surface area contributed by atoms with Gasteiger partial charge in [-0.2, -0.15) is 5.26 Å². The molecule has 0 saturated heterocycles. The zero-order valence-corrected chi connectivity index (χ0v) is 12.9. The topological polar surface area (TPSA) is 72.2 Å². The maximum absolute atomic E-state index is 11.8. The maximum atomic E-state index is 11.8. The Morgan fingerprint density at radius 3 is 2.78 bits per heavy atom. The Labute approximate surface area is 136 Å². The number of para-hydroxylation sites is 2. The summed E-state index contributed by atoms with van der Waals surface area (Å²) in [5.74, 6) is -0.135. The molecule has 0 amide bonds. The summed E-state index contributed by atoms with van der Waals surface area (Å²) in [4.78, 5) is 16.1. The molecule has 0 fully saturated rings. The van der Waals surface area contributed by atoms with Crippen LogP contribution in [0.2, 0.25) is 0 Å². The minimum Gasteiger partial charge on any atom is -0.481 e. The molecule has 1 aromatic heterocycles. The van der Waals surface area contributed by atoms with Gasteiger partial charge in [0.05, 0.1) is 15.8 Å². The van der Waals surface area contributed by atoms with Crippen molar-refractivity contribution in [3.63, 3.8) is 0 Å². The van der Waals surface area contributed by atoms with E-state index >= 15 is 0 Å². The first-order valence-electron chi connectivity index (χ1n) is 6.88. The number of esters is 1. The fraction of sp³-hybridized carbons (Fsp3) is 0.118. The number of thiazole rings is 1. The van der Waals surface area contributed by atoms with Crippen molar-refractivity contribution in [2.75, 3.05) is 6.61 Å². The molecule has 0 bridgehead atoms. The minimum atomic E-state index is -0.503. The van der Waals surface area contributed by atoms with E-state index in [4.69, 9.17) is 14.7 Å². The van der Waals surface area contributed by atoms with Gasteiger partial charge in [-0.25, -0.2) is 9.78 Å². The smallest absolute Gasteiger partial charge is 0.344 e. The van der Waals surface area contributed by atoms with Crippen LogP contribution in [0, 0.1) is 11.3 Å².